The highest BCUT2D eigenvalue weighted by Crippen LogP contribution is 2.07. The fourth-order valence-electron chi connectivity index (χ4n) is 2.29. The largest absolute Gasteiger partial charge is 0.478 e. The summed E-state index contributed by atoms with van der Waals surface area (Å²) in [5.41, 5.74) is 0.260. The molecule has 0 saturated carbocycles. The van der Waals surface area contributed by atoms with Gasteiger partial charge in [0.15, 0.2) is 0 Å². The van der Waals surface area contributed by atoms with Crippen LogP contribution < -0.4 is 11.1 Å². The molecule has 3 rings (SSSR count). The first-order chi connectivity index (χ1) is 10.6. The lowest BCUT2D eigenvalue weighted by atomic mass is 10.1. The van der Waals surface area contributed by atoms with E-state index in [0.717, 1.165) is 5.56 Å². The fourth-order valence-corrected chi connectivity index (χ4v) is 2.29. The van der Waals surface area contributed by atoms with Gasteiger partial charge in [-0.3, -0.25) is 14.7 Å². The number of aromatic carboxylic acids is 1. The third-order valence-electron chi connectivity index (χ3n) is 3.43. The average molecular weight is 296 g/mol. The van der Waals surface area contributed by atoms with E-state index in [-0.39, 0.29) is 23.2 Å². The third-order valence-corrected chi connectivity index (χ3v) is 3.43. The first-order valence-electron chi connectivity index (χ1n) is 6.60. The minimum atomic E-state index is -1.01. The van der Waals surface area contributed by atoms with E-state index in [1.54, 1.807) is 36.4 Å². The number of benzene rings is 2. The van der Waals surface area contributed by atoms with Crippen molar-refractivity contribution < 1.29 is 9.90 Å². The minimum Gasteiger partial charge on any atom is -0.478 e. The van der Waals surface area contributed by atoms with Crippen LogP contribution in [-0.4, -0.2) is 20.9 Å². The van der Waals surface area contributed by atoms with Crippen molar-refractivity contribution in [3.63, 3.8) is 0 Å². The molecule has 1 aromatic heterocycles. The van der Waals surface area contributed by atoms with Crippen LogP contribution in [-0.2, 0) is 6.54 Å². The molecule has 110 valence electrons. The number of fused-ring (bicyclic) bond motifs is 1. The van der Waals surface area contributed by atoms with Gasteiger partial charge in [0.25, 0.3) is 11.1 Å². The SMILES string of the molecule is O=C(O)c1ccc(Cn2[nH]c(=O)c3ccccc3c2=O)cc1. The van der Waals surface area contributed by atoms with Crippen molar-refractivity contribution in [3.05, 3.63) is 80.4 Å². The molecule has 22 heavy (non-hydrogen) atoms. The number of H-pyrrole nitrogens is 1. The van der Waals surface area contributed by atoms with Gasteiger partial charge in [-0.25, -0.2) is 9.48 Å². The Labute approximate surface area is 124 Å². The summed E-state index contributed by atoms with van der Waals surface area (Å²) in [4.78, 5) is 35.2. The molecule has 0 unspecified atom stereocenters. The average Bonchev–Trinajstić information content (AvgIpc) is 2.53. The van der Waals surface area contributed by atoms with Crippen LogP contribution in [0, 0.1) is 0 Å². The monoisotopic (exact) mass is 296 g/mol. The smallest absolute Gasteiger partial charge is 0.335 e. The number of hydrogen-bond acceptors (Lipinski definition) is 3. The second-order valence-corrected chi connectivity index (χ2v) is 4.88. The van der Waals surface area contributed by atoms with E-state index in [1.165, 1.54) is 16.8 Å². The number of hydrogen-bond donors (Lipinski definition) is 2. The zero-order valence-corrected chi connectivity index (χ0v) is 11.4. The lowest BCUT2D eigenvalue weighted by molar-refractivity contribution is 0.0697. The van der Waals surface area contributed by atoms with E-state index < -0.39 is 5.97 Å². The first-order valence-corrected chi connectivity index (χ1v) is 6.60. The van der Waals surface area contributed by atoms with E-state index in [2.05, 4.69) is 5.10 Å². The number of rotatable bonds is 3. The number of carboxylic acids is 1. The molecule has 0 amide bonds. The number of aromatic amines is 1. The van der Waals surface area contributed by atoms with E-state index in [4.69, 9.17) is 5.11 Å². The summed E-state index contributed by atoms with van der Waals surface area (Å²) in [7, 11) is 0. The second kappa shape index (κ2) is 5.33. The van der Waals surface area contributed by atoms with Crippen LogP contribution in [0.5, 0.6) is 0 Å². The highest BCUT2D eigenvalue weighted by Gasteiger charge is 2.07. The van der Waals surface area contributed by atoms with Crippen LogP contribution in [0.2, 0.25) is 0 Å². The van der Waals surface area contributed by atoms with Gasteiger partial charge in [0.05, 0.1) is 22.9 Å². The van der Waals surface area contributed by atoms with Gasteiger partial charge in [-0.2, -0.15) is 0 Å². The van der Waals surface area contributed by atoms with Crippen molar-refractivity contribution in [2.75, 3.05) is 0 Å². The Kier molecular flexibility index (Phi) is 3.34. The van der Waals surface area contributed by atoms with Gasteiger partial charge in [-0.15, -0.1) is 0 Å². The fraction of sp³-hybridized carbons (Fsp3) is 0.0625. The van der Waals surface area contributed by atoms with Crippen LogP contribution in [0.3, 0.4) is 0 Å². The van der Waals surface area contributed by atoms with E-state index in [9.17, 15) is 14.4 Å². The van der Waals surface area contributed by atoms with Crippen LogP contribution in [0.25, 0.3) is 10.8 Å². The standard InChI is InChI=1S/C16H12N2O4/c19-14-12-3-1-2-4-13(12)15(20)18(17-14)9-10-5-7-11(8-6-10)16(21)22/h1-8H,9H2,(H,17,19)(H,21,22). The van der Waals surface area contributed by atoms with Crippen LogP contribution in [0.4, 0.5) is 0 Å². The topological polar surface area (TPSA) is 92.2 Å². The van der Waals surface area contributed by atoms with Crippen LogP contribution in [0.15, 0.2) is 58.1 Å². The highest BCUT2D eigenvalue weighted by molar-refractivity contribution is 5.87. The lowest BCUT2D eigenvalue weighted by Crippen LogP contribution is -2.30. The maximum absolute atomic E-state index is 12.4. The van der Waals surface area contributed by atoms with Crippen molar-refractivity contribution in [1.82, 2.24) is 9.78 Å². The van der Waals surface area contributed by atoms with Gasteiger partial charge in [-0.05, 0) is 29.8 Å². The molecular weight excluding hydrogens is 284 g/mol. The first kappa shape index (κ1) is 13.8. The Bertz CT molecular complexity index is 968. The van der Waals surface area contributed by atoms with E-state index in [0.29, 0.717) is 10.8 Å². The molecular formula is C16H12N2O4. The number of nitrogens with zero attached hydrogens (tertiary/aromatic N) is 1. The summed E-state index contributed by atoms with van der Waals surface area (Å²) in [5, 5.41) is 12.1. The normalized spacial score (nSPS) is 10.7. The highest BCUT2D eigenvalue weighted by atomic mass is 16.4. The molecule has 6 nitrogen and oxygen atoms in total. The Morgan fingerprint density at radius 2 is 1.64 bits per heavy atom. The summed E-state index contributed by atoms with van der Waals surface area (Å²) in [6.45, 7) is 0.165. The maximum Gasteiger partial charge on any atom is 0.335 e. The van der Waals surface area contributed by atoms with E-state index in [1.807, 2.05) is 0 Å². The van der Waals surface area contributed by atoms with Gasteiger partial charge in [0.2, 0.25) is 0 Å². The molecule has 6 heteroatoms. The summed E-state index contributed by atoms with van der Waals surface area (Å²) in [5.74, 6) is -1.01. The number of carbonyl (C=O) groups is 1. The van der Waals surface area contributed by atoms with Crippen molar-refractivity contribution in [2.24, 2.45) is 0 Å². The van der Waals surface area contributed by atoms with Crippen molar-refractivity contribution in [2.45, 2.75) is 6.54 Å². The Hall–Kier alpha value is -3.15. The number of carboxylic acid groups (broad SMARTS) is 1. The van der Waals surface area contributed by atoms with Gasteiger partial charge < -0.3 is 5.11 Å². The Balaban J connectivity index is 2.04. The quantitative estimate of drug-likeness (QED) is 0.765. The van der Waals surface area contributed by atoms with Gasteiger partial charge in [0, 0.05) is 0 Å². The van der Waals surface area contributed by atoms with Crippen LogP contribution in [0.1, 0.15) is 15.9 Å². The maximum atomic E-state index is 12.4. The minimum absolute atomic E-state index is 0.165. The summed E-state index contributed by atoms with van der Waals surface area (Å²) in [6, 6.07) is 12.8. The zero-order valence-electron chi connectivity index (χ0n) is 11.4. The lowest BCUT2D eigenvalue weighted by Gasteiger charge is -2.07. The molecule has 2 N–H and O–H groups in total. The predicted octanol–water partition coefficient (Wildman–Crippen LogP) is 1.44. The molecule has 0 aliphatic heterocycles. The summed E-state index contributed by atoms with van der Waals surface area (Å²) in [6.07, 6.45) is 0. The predicted molar refractivity (Wildman–Crippen MR) is 81.3 cm³/mol. The molecule has 0 aliphatic rings. The number of nitrogens with one attached hydrogen (secondary N) is 1. The van der Waals surface area contributed by atoms with Gasteiger partial charge in [-0.1, -0.05) is 24.3 Å². The molecule has 0 atom stereocenters. The second-order valence-electron chi connectivity index (χ2n) is 4.88. The third kappa shape index (κ3) is 2.42. The van der Waals surface area contributed by atoms with Crippen molar-refractivity contribution >= 4 is 16.7 Å². The van der Waals surface area contributed by atoms with Crippen molar-refractivity contribution in [3.8, 4) is 0 Å². The van der Waals surface area contributed by atoms with Gasteiger partial charge >= 0.3 is 5.97 Å². The molecule has 2 aromatic carbocycles. The van der Waals surface area contributed by atoms with E-state index >= 15 is 0 Å². The van der Waals surface area contributed by atoms with Gasteiger partial charge in [0.1, 0.15) is 0 Å². The number of aromatic nitrogens is 2. The molecule has 3 aromatic rings. The molecule has 1 heterocycles. The Morgan fingerprint density at radius 1 is 1.00 bits per heavy atom. The zero-order chi connectivity index (χ0) is 15.7. The Morgan fingerprint density at radius 3 is 2.27 bits per heavy atom. The molecule has 0 bridgehead atoms. The molecule has 0 radical (unpaired) electrons. The molecule has 0 aliphatic carbocycles. The van der Waals surface area contributed by atoms with Crippen molar-refractivity contribution in [1.29, 1.82) is 0 Å². The summed E-state index contributed by atoms with van der Waals surface area (Å²) < 4.78 is 1.22. The molecule has 0 spiro atoms. The molecule has 0 fully saturated rings. The summed E-state index contributed by atoms with van der Waals surface area (Å²) >= 11 is 0. The molecule has 0 saturated heterocycles. The van der Waals surface area contributed by atoms with Crippen LogP contribution >= 0.6 is 0 Å².